The number of aliphatic imine (C=N–C) groups is 1. The summed E-state index contributed by atoms with van der Waals surface area (Å²) in [4.78, 5) is 7.29. The summed E-state index contributed by atoms with van der Waals surface area (Å²) in [7, 11) is 0. The van der Waals surface area contributed by atoms with Crippen LogP contribution in [0.3, 0.4) is 0 Å². The van der Waals surface area contributed by atoms with Gasteiger partial charge in [-0.25, -0.2) is 0 Å². The zero-order valence-corrected chi connectivity index (χ0v) is 17.6. The molecule has 2 aromatic rings. The molecule has 152 valence electrons. The summed E-state index contributed by atoms with van der Waals surface area (Å²) < 4.78 is 5.42. The lowest BCUT2D eigenvalue weighted by molar-refractivity contribution is 0.198. The largest absolute Gasteiger partial charge is 0.469 e. The van der Waals surface area contributed by atoms with E-state index in [2.05, 4.69) is 52.1 Å². The highest BCUT2D eigenvalue weighted by Crippen LogP contribution is 2.14. The van der Waals surface area contributed by atoms with Gasteiger partial charge in [0, 0.05) is 44.4 Å². The zero-order valence-electron chi connectivity index (χ0n) is 16.8. The fraction of sp³-hybridized carbons (Fsp3) is 0.500. The molecule has 1 aliphatic rings. The third-order valence-corrected chi connectivity index (χ3v) is 5.58. The molecular formula is C22H32N4OS. The van der Waals surface area contributed by atoms with Crippen molar-refractivity contribution in [3.05, 3.63) is 60.1 Å². The van der Waals surface area contributed by atoms with E-state index in [-0.39, 0.29) is 0 Å². The molecule has 5 nitrogen and oxygen atoms in total. The first-order valence-corrected chi connectivity index (χ1v) is 11.6. The van der Waals surface area contributed by atoms with Crippen molar-refractivity contribution in [2.45, 2.75) is 31.8 Å². The third-order valence-electron chi connectivity index (χ3n) is 4.99. The minimum Gasteiger partial charge on any atom is -0.469 e. The average molecular weight is 401 g/mol. The number of nitrogens with zero attached hydrogens (tertiary/aromatic N) is 2. The van der Waals surface area contributed by atoms with E-state index in [1.54, 1.807) is 6.26 Å². The van der Waals surface area contributed by atoms with E-state index < -0.39 is 0 Å². The SMILES string of the molecule is CSCCN=C(NCCc1ccco1)NC1CCN(Cc2ccccc2)CC1. The predicted octanol–water partition coefficient (Wildman–Crippen LogP) is 3.38. The number of likely N-dealkylation sites (tertiary alicyclic amines) is 1. The molecule has 1 aromatic carbocycles. The van der Waals surface area contributed by atoms with Crippen molar-refractivity contribution in [2.24, 2.45) is 4.99 Å². The van der Waals surface area contributed by atoms with Crippen molar-refractivity contribution in [2.75, 3.05) is 38.2 Å². The Balaban J connectivity index is 1.43. The first-order valence-electron chi connectivity index (χ1n) is 10.2. The Bertz CT molecular complexity index is 682. The first kappa shape index (κ1) is 20.8. The van der Waals surface area contributed by atoms with Crippen molar-refractivity contribution in [3.63, 3.8) is 0 Å². The molecule has 0 atom stereocenters. The molecular weight excluding hydrogens is 368 g/mol. The number of hydrogen-bond acceptors (Lipinski definition) is 4. The predicted molar refractivity (Wildman–Crippen MR) is 119 cm³/mol. The summed E-state index contributed by atoms with van der Waals surface area (Å²) in [6.07, 6.45) is 7.01. The molecule has 0 bridgehead atoms. The highest BCUT2D eigenvalue weighted by molar-refractivity contribution is 7.98. The van der Waals surface area contributed by atoms with E-state index in [0.717, 1.165) is 69.5 Å². The fourth-order valence-electron chi connectivity index (χ4n) is 3.43. The molecule has 2 N–H and O–H groups in total. The Hall–Kier alpha value is -1.92. The topological polar surface area (TPSA) is 52.8 Å². The van der Waals surface area contributed by atoms with Crippen molar-refractivity contribution >= 4 is 17.7 Å². The van der Waals surface area contributed by atoms with E-state index in [1.807, 2.05) is 23.9 Å². The number of furan rings is 1. The van der Waals surface area contributed by atoms with Crippen LogP contribution >= 0.6 is 11.8 Å². The van der Waals surface area contributed by atoms with Crippen LogP contribution in [0.4, 0.5) is 0 Å². The summed E-state index contributed by atoms with van der Waals surface area (Å²) in [5, 5.41) is 7.12. The summed E-state index contributed by atoms with van der Waals surface area (Å²) >= 11 is 1.83. The van der Waals surface area contributed by atoms with Crippen LogP contribution in [-0.2, 0) is 13.0 Å². The highest BCUT2D eigenvalue weighted by atomic mass is 32.2. The maximum atomic E-state index is 5.42. The lowest BCUT2D eigenvalue weighted by atomic mass is 10.0. The number of benzene rings is 1. The van der Waals surface area contributed by atoms with E-state index in [4.69, 9.17) is 9.41 Å². The van der Waals surface area contributed by atoms with Gasteiger partial charge in [-0.3, -0.25) is 9.89 Å². The van der Waals surface area contributed by atoms with Crippen LogP contribution in [0, 0.1) is 0 Å². The summed E-state index contributed by atoms with van der Waals surface area (Å²) in [6.45, 7) is 4.95. The number of rotatable bonds is 9. The van der Waals surface area contributed by atoms with Crippen LogP contribution in [0.5, 0.6) is 0 Å². The molecule has 0 aliphatic carbocycles. The number of nitrogens with one attached hydrogen (secondary N) is 2. The lowest BCUT2D eigenvalue weighted by Gasteiger charge is -2.33. The molecule has 0 unspecified atom stereocenters. The number of hydrogen-bond donors (Lipinski definition) is 2. The van der Waals surface area contributed by atoms with Crippen LogP contribution in [0.1, 0.15) is 24.2 Å². The molecule has 3 rings (SSSR count). The van der Waals surface area contributed by atoms with Gasteiger partial charge in [0.1, 0.15) is 5.76 Å². The Labute approximate surface area is 173 Å². The van der Waals surface area contributed by atoms with Crippen LogP contribution in [0.2, 0.25) is 0 Å². The Morgan fingerprint density at radius 3 is 2.71 bits per heavy atom. The van der Waals surface area contributed by atoms with Gasteiger partial charge in [-0.05, 0) is 36.8 Å². The molecule has 1 aliphatic heterocycles. The second kappa shape index (κ2) is 11.8. The minimum atomic E-state index is 0.483. The molecule has 2 heterocycles. The normalized spacial score (nSPS) is 16.2. The van der Waals surface area contributed by atoms with Gasteiger partial charge in [0.2, 0.25) is 0 Å². The second-order valence-electron chi connectivity index (χ2n) is 7.16. The molecule has 0 radical (unpaired) electrons. The third kappa shape index (κ3) is 7.24. The molecule has 6 heteroatoms. The Morgan fingerprint density at radius 2 is 2.00 bits per heavy atom. The summed E-state index contributed by atoms with van der Waals surface area (Å²) in [5.74, 6) is 2.98. The van der Waals surface area contributed by atoms with Gasteiger partial charge in [-0.2, -0.15) is 11.8 Å². The standard InChI is InChI=1S/C22H32N4OS/c1-28-17-13-24-22(23-12-9-21-8-5-16-27-21)25-20-10-14-26(15-11-20)18-19-6-3-2-4-7-19/h2-8,16,20H,9-15,17-18H2,1H3,(H2,23,24,25). The average Bonchev–Trinajstić information content (AvgIpc) is 3.24. The van der Waals surface area contributed by atoms with Gasteiger partial charge in [0.25, 0.3) is 0 Å². The van der Waals surface area contributed by atoms with Gasteiger partial charge in [-0.1, -0.05) is 30.3 Å². The molecule has 1 saturated heterocycles. The summed E-state index contributed by atoms with van der Waals surface area (Å²) in [6, 6.07) is 15.2. The van der Waals surface area contributed by atoms with Crippen LogP contribution in [-0.4, -0.2) is 55.1 Å². The fourth-order valence-corrected chi connectivity index (χ4v) is 3.70. The number of guanidine groups is 1. The molecule has 28 heavy (non-hydrogen) atoms. The maximum absolute atomic E-state index is 5.42. The summed E-state index contributed by atoms with van der Waals surface area (Å²) in [5.41, 5.74) is 1.40. The maximum Gasteiger partial charge on any atom is 0.191 e. The van der Waals surface area contributed by atoms with Gasteiger partial charge >= 0.3 is 0 Å². The number of piperidine rings is 1. The Morgan fingerprint density at radius 1 is 1.18 bits per heavy atom. The van der Waals surface area contributed by atoms with E-state index >= 15 is 0 Å². The smallest absolute Gasteiger partial charge is 0.191 e. The van der Waals surface area contributed by atoms with Crippen molar-refractivity contribution < 1.29 is 4.42 Å². The quantitative estimate of drug-likeness (QED) is 0.384. The highest BCUT2D eigenvalue weighted by Gasteiger charge is 2.20. The van der Waals surface area contributed by atoms with Crippen molar-refractivity contribution in [1.82, 2.24) is 15.5 Å². The molecule has 0 amide bonds. The van der Waals surface area contributed by atoms with E-state index in [1.165, 1.54) is 5.56 Å². The van der Waals surface area contributed by atoms with Gasteiger partial charge in [0.15, 0.2) is 5.96 Å². The molecule has 0 spiro atoms. The molecule has 0 saturated carbocycles. The van der Waals surface area contributed by atoms with Gasteiger partial charge in [-0.15, -0.1) is 0 Å². The van der Waals surface area contributed by atoms with Crippen molar-refractivity contribution in [3.8, 4) is 0 Å². The van der Waals surface area contributed by atoms with Crippen LogP contribution in [0.25, 0.3) is 0 Å². The molecule has 1 aromatic heterocycles. The Kier molecular flexibility index (Phi) is 8.78. The molecule has 1 fully saturated rings. The number of thioether (sulfide) groups is 1. The van der Waals surface area contributed by atoms with Crippen LogP contribution in [0.15, 0.2) is 58.1 Å². The zero-order chi connectivity index (χ0) is 19.4. The second-order valence-corrected chi connectivity index (χ2v) is 8.15. The minimum absolute atomic E-state index is 0.483. The van der Waals surface area contributed by atoms with Crippen LogP contribution < -0.4 is 10.6 Å². The van der Waals surface area contributed by atoms with Crippen molar-refractivity contribution in [1.29, 1.82) is 0 Å². The van der Waals surface area contributed by atoms with Gasteiger partial charge in [0.05, 0.1) is 12.8 Å². The van der Waals surface area contributed by atoms with E-state index in [9.17, 15) is 0 Å². The van der Waals surface area contributed by atoms with Gasteiger partial charge < -0.3 is 15.1 Å². The first-order chi connectivity index (χ1) is 13.8. The van der Waals surface area contributed by atoms with E-state index in [0.29, 0.717) is 6.04 Å². The monoisotopic (exact) mass is 400 g/mol. The lowest BCUT2D eigenvalue weighted by Crippen LogP contribution is -2.49.